The number of aromatic nitrogens is 11. The van der Waals surface area contributed by atoms with Crippen molar-refractivity contribution in [1.29, 1.82) is 0 Å². The number of H-pyrrole nitrogens is 1. The molecule has 0 spiro atoms. The van der Waals surface area contributed by atoms with Crippen molar-refractivity contribution in [2.75, 3.05) is 27.0 Å². The number of rotatable bonds is 18. The SMILES string of the molecule is CCOC(=O)c1c(C)nc(-c2cccnc2)n1Cc1cc(Cl)ccc1Cl.CCOC(=O)c1c(C)nc(Br)n1Cc1cc(Cl)ccc1Cl.CCOC(=O)c1nc(Br)[nH]c1C.Cc1nc(-c2cccnc2)n(Cc2cc(Cl)ccc2Cl)c1C(=O)O.Clc1ccc(Cl)c(CBr)c1.O=CO[O-].OB(O)c1cccnc1.[2H]CF.[H-].[K+].[K+]. The van der Waals surface area contributed by atoms with Gasteiger partial charge >= 0.3 is 134 Å². The maximum absolute atomic E-state index is 12.5. The van der Waals surface area contributed by atoms with Crippen molar-refractivity contribution < 1.29 is 173 Å². The van der Waals surface area contributed by atoms with E-state index >= 15 is 0 Å². The topological polar surface area (TPSA) is 327 Å². The number of carbonyl (C=O) groups excluding carboxylic acids is 4. The third-order valence-corrected chi connectivity index (χ3v) is 17.9. The van der Waals surface area contributed by atoms with Gasteiger partial charge in [0.15, 0.2) is 32.2 Å². The average molecular weight is 1920 g/mol. The first kappa shape index (κ1) is 99.6. The molecule has 574 valence electrons. The Balaban J connectivity index is 0.000000680. The summed E-state index contributed by atoms with van der Waals surface area (Å²) in [4.78, 5) is 90.6. The second-order valence-electron chi connectivity index (χ2n) is 21.2. The zero-order valence-electron chi connectivity index (χ0n) is 62.1. The van der Waals surface area contributed by atoms with E-state index in [4.69, 9.17) is 128 Å². The van der Waals surface area contributed by atoms with Crippen molar-refractivity contribution in [2.45, 2.75) is 73.4 Å². The van der Waals surface area contributed by atoms with Gasteiger partial charge in [0.1, 0.15) is 11.6 Å². The number of carbonyl (C=O) groups is 5. The standard InChI is InChI=1S/C19H17Cl2N3O2.C17H13Cl2N3O2.C14H13BrCl2N2O2.C7H5BrCl2.C7H9BrN2O2.C5H6BNO2.CH3F.CH2O3.2K.H/c1-3-26-19(25)17-12(2)23-18(13-5-4-8-22-10-13)24(17)11-14-9-15(20)6-7-16(14)21;1-10-15(17(23)24)22(9-12-7-13(18)4-5-14(12)19)16(21-10)11-3-2-6-20-8-11;1-3-21-13(20)12-8(2)18-14(15)19(12)7-9-6-10(16)4-5-11(9)17;8-4-5-3-6(9)1-2-7(5)10;1-3-12-6(11)5-4(2)9-7(8)10-5;8-6(9)5-2-1-3-7-4-5;1-2;2-1-4-3;;;/h4-10H,3,11H2,1-2H3;2-8H,9H2,1H3,(H,23,24);4-6H,3,7H2,1-2H3;1-3H,4H2;3H2,1-2H3,(H,9,10);1-4,8-9H;1H3;1,3H;;;/q;;;;;;;;2*+1;-1/p-1/i;;;;;;1D;;;;. The fourth-order valence-electron chi connectivity index (χ4n) is 9.25. The molecule has 0 radical (unpaired) electrons. The Morgan fingerprint density at radius 3 is 1.25 bits per heavy atom. The number of nitrogens with zero attached hydrogens (tertiary/aromatic N) is 10. The van der Waals surface area contributed by atoms with Crippen LogP contribution in [0.4, 0.5) is 4.39 Å². The van der Waals surface area contributed by atoms with Crippen LogP contribution in [0.1, 0.15) is 111 Å². The van der Waals surface area contributed by atoms with Crippen molar-refractivity contribution in [3.8, 4) is 22.8 Å². The van der Waals surface area contributed by atoms with Crippen LogP contribution in [0.25, 0.3) is 22.8 Å². The van der Waals surface area contributed by atoms with Gasteiger partial charge in [0.25, 0.3) is 6.47 Å². The molecular formula is C71H68BBr3Cl8FK2N11O13. The average Bonchev–Trinajstić information content (AvgIpc) is 1.64. The van der Waals surface area contributed by atoms with Crippen LogP contribution < -0.4 is 113 Å². The van der Waals surface area contributed by atoms with Crippen molar-refractivity contribution in [3.63, 3.8) is 0 Å². The van der Waals surface area contributed by atoms with Crippen LogP contribution >= 0.6 is 141 Å². The van der Waals surface area contributed by atoms with Gasteiger partial charge in [0.2, 0.25) is 0 Å². The minimum absolute atomic E-state index is 0. The number of benzene rings is 4. The summed E-state index contributed by atoms with van der Waals surface area (Å²) in [5, 5.41) is 40.6. The summed E-state index contributed by atoms with van der Waals surface area (Å²) in [7, 11) is -2.40. The van der Waals surface area contributed by atoms with Gasteiger partial charge in [0.05, 0.1) is 65.1 Å². The van der Waals surface area contributed by atoms with Crippen molar-refractivity contribution >= 4 is 184 Å². The molecule has 0 atom stereocenters. The summed E-state index contributed by atoms with van der Waals surface area (Å²) >= 11 is 58.2. The second-order valence-corrected chi connectivity index (χ2v) is 26.6. The van der Waals surface area contributed by atoms with Crippen LogP contribution in [0.3, 0.4) is 0 Å². The molecule has 0 unspecified atom stereocenters. The van der Waals surface area contributed by atoms with Crippen molar-refractivity contribution in [3.05, 3.63) is 264 Å². The maximum Gasteiger partial charge on any atom is 1.00 e. The molecular weight excluding hydrogens is 1850 g/mol. The van der Waals surface area contributed by atoms with Gasteiger partial charge in [-0.3, -0.25) is 24.1 Å². The number of hydrogen-bond donors (Lipinski definition) is 4. The molecule has 4 N–H and O–H groups in total. The van der Waals surface area contributed by atoms with Crippen LogP contribution in [-0.4, -0.2) is 133 Å². The molecule has 24 nitrogen and oxygen atoms in total. The molecule has 0 amide bonds. The van der Waals surface area contributed by atoms with Crippen LogP contribution in [0.5, 0.6) is 0 Å². The van der Waals surface area contributed by atoms with E-state index in [-0.39, 0.29) is 130 Å². The number of halogens is 12. The molecule has 0 saturated carbocycles. The molecule has 0 bridgehead atoms. The number of ether oxygens (including phenoxy) is 3. The fraction of sp³-hybridized carbons (Fsp3) is 0.211. The van der Waals surface area contributed by atoms with E-state index in [0.717, 1.165) is 43.2 Å². The quantitative estimate of drug-likeness (QED) is 0.0118. The number of alkyl halides is 2. The van der Waals surface area contributed by atoms with E-state index in [9.17, 15) is 28.7 Å². The van der Waals surface area contributed by atoms with E-state index in [1.165, 1.54) is 6.20 Å². The van der Waals surface area contributed by atoms with Crippen LogP contribution in [0, 0.1) is 27.7 Å². The van der Waals surface area contributed by atoms with Gasteiger partial charge in [-0.2, -0.15) is 0 Å². The van der Waals surface area contributed by atoms with Gasteiger partial charge in [-0.15, -0.1) is 0 Å². The summed E-state index contributed by atoms with van der Waals surface area (Å²) in [6, 6.07) is 31.5. The molecule has 0 saturated heterocycles. The molecule has 0 aliphatic rings. The zero-order chi connectivity index (χ0) is 81.0. The first-order valence-electron chi connectivity index (χ1n) is 31.9. The van der Waals surface area contributed by atoms with Crippen molar-refractivity contribution in [1.82, 2.24) is 53.6 Å². The molecule has 0 aliphatic heterocycles. The van der Waals surface area contributed by atoms with Gasteiger partial charge < -0.3 is 59.6 Å². The smallest absolute Gasteiger partial charge is 1.00 e. The summed E-state index contributed by atoms with van der Waals surface area (Å²) in [5.41, 5.74) is 8.82. The van der Waals surface area contributed by atoms with E-state index < -0.39 is 38.1 Å². The monoisotopic (exact) mass is 1910 g/mol. The zero-order valence-corrected chi connectivity index (χ0v) is 77.2. The third-order valence-electron chi connectivity index (χ3n) is 13.9. The summed E-state index contributed by atoms with van der Waals surface area (Å²) < 4.78 is 36.8. The maximum atomic E-state index is 12.5. The number of aryl methyl sites for hydroxylation is 4. The molecule has 11 aromatic rings. The fourth-order valence-corrected chi connectivity index (χ4v) is 12.4. The Hall–Kier alpha value is -4.57. The van der Waals surface area contributed by atoms with E-state index in [1.807, 2.05) is 24.3 Å². The van der Waals surface area contributed by atoms with E-state index in [0.29, 0.717) is 128 Å². The number of pyridine rings is 3. The Morgan fingerprint density at radius 1 is 0.573 bits per heavy atom. The predicted octanol–water partition coefficient (Wildman–Crippen LogP) is 11.0. The Bertz CT molecular complexity index is 4800. The number of carboxylic acids is 1. The van der Waals surface area contributed by atoms with Crippen molar-refractivity contribution in [2.24, 2.45) is 0 Å². The minimum atomic E-state index is -1.40. The molecule has 7 aromatic heterocycles. The number of aromatic carboxylic acids is 1. The minimum Gasteiger partial charge on any atom is -1.00 e. The summed E-state index contributed by atoms with van der Waals surface area (Å²) in [6.45, 7) is 14.0. The number of esters is 3. The number of aromatic amines is 1. The predicted molar refractivity (Wildman–Crippen MR) is 426 cm³/mol. The van der Waals surface area contributed by atoms with Crippen LogP contribution in [0.2, 0.25) is 40.2 Å². The van der Waals surface area contributed by atoms with E-state index in [1.54, 1.807) is 178 Å². The molecule has 39 heteroatoms. The second kappa shape index (κ2) is 53.6. The Labute approximate surface area is 787 Å². The number of hydrogen-bond acceptors (Lipinski definition) is 19. The summed E-state index contributed by atoms with van der Waals surface area (Å²) in [6.07, 6.45) is 9.66. The van der Waals surface area contributed by atoms with Gasteiger partial charge in [-0.25, -0.2) is 39.1 Å². The first-order chi connectivity index (χ1) is 51.9. The van der Waals surface area contributed by atoms with Gasteiger partial charge in [-0.05, 0) is 206 Å². The number of nitrogens with one attached hydrogen (secondary N) is 1. The van der Waals surface area contributed by atoms with Gasteiger partial charge in [-0.1, -0.05) is 115 Å². The molecule has 7 heterocycles. The normalized spacial score (nSPS) is 10.0. The number of carboxylic acid groups (broad SMARTS) is 1. The third kappa shape index (κ3) is 32.3. The summed E-state index contributed by atoms with van der Waals surface area (Å²) in [5.74, 6) is -1.13. The van der Waals surface area contributed by atoms with E-state index in [2.05, 4.69) is 92.5 Å². The Kier molecular flexibility index (Phi) is 48.5. The molecule has 4 aromatic carbocycles. The number of imidazole rings is 4. The largest absolute Gasteiger partial charge is 1.00 e. The van der Waals surface area contributed by atoms with Crippen LogP contribution in [-0.2, 0) is 48.9 Å². The van der Waals surface area contributed by atoms with Gasteiger partial charge in [0, 0.05) is 105 Å². The molecule has 0 fully saturated rings. The first-order valence-corrected chi connectivity index (χ1v) is 37.0. The molecule has 11 rings (SSSR count). The molecule has 110 heavy (non-hydrogen) atoms. The molecule has 0 aliphatic carbocycles. The Morgan fingerprint density at radius 2 is 0.927 bits per heavy atom. The van der Waals surface area contributed by atoms with Crippen LogP contribution in [0.15, 0.2) is 156 Å².